The van der Waals surface area contributed by atoms with Gasteiger partial charge in [-0.2, -0.15) is 11.8 Å². The number of likely N-dealkylation sites (tertiary alicyclic amines) is 1. The van der Waals surface area contributed by atoms with Gasteiger partial charge in [-0.25, -0.2) is 18.2 Å². The highest BCUT2D eigenvalue weighted by atomic mass is 32.2. The van der Waals surface area contributed by atoms with Crippen LogP contribution in [-0.2, 0) is 5.60 Å². The maximum Gasteiger partial charge on any atom is 0.150 e. The number of hydrogen-bond acceptors (Lipinski definition) is 4. The second-order valence-corrected chi connectivity index (χ2v) is 10.9. The standard InChI is InChI=1S/C24H24F3N3OS/c25-17-7-14(16-1-4-28-22-20(16)19(27)9-29-22)8-18(26)21(17)24(31)10-23(11-24)12-30(13-23)15-2-5-32-6-3-15/h1,4,7-9,15,31H,2-3,5-6,10-13H2,(H,28,29). The average Bonchev–Trinajstić information content (AvgIpc) is 3.11. The second kappa shape index (κ2) is 7.23. The summed E-state index contributed by atoms with van der Waals surface area (Å²) in [6.45, 7) is 1.79. The number of rotatable bonds is 3. The van der Waals surface area contributed by atoms with Gasteiger partial charge < -0.3 is 10.1 Å². The lowest BCUT2D eigenvalue weighted by atomic mass is 9.53. The first-order chi connectivity index (χ1) is 15.4. The van der Waals surface area contributed by atoms with Gasteiger partial charge in [-0.15, -0.1) is 0 Å². The van der Waals surface area contributed by atoms with Crippen molar-refractivity contribution in [3.63, 3.8) is 0 Å². The van der Waals surface area contributed by atoms with Crippen molar-refractivity contribution in [1.82, 2.24) is 14.9 Å². The smallest absolute Gasteiger partial charge is 0.150 e. The van der Waals surface area contributed by atoms with Crippen LogP contribution in [0.2, 0.25) is 0 Å². The van der Waals surface area contributed by atoms with E-state index in [1.807, 2.05) is 11.8 Å². The van der Waals surface area contributed by atoms with Crippen molar-refractivity contribution >= 4 is 22.8 Å². The molecule has 6 rings (SSSR count). The van der Waals surface area contributed by atoms with E-state index in [0.29, 0.717) is 30.1 Å². The first-order valence-electron chi connectivity index (χ1n) is 11.0. The summed E-state index contributed by atoms with van der Waals surface area (Å²) in [4.78, 5) is 9.23. The van der Waals surface area contributed by atoms with E-state index >= 15 is 8.78 Å². The number of nitrogens with one attached hydrogen (secondary N) is 1. The number of halogens is 3. The van der Waals surface area contributed by atoms with Crippen molar-refractivity contribution < 1.29 is 18.3 Å². The minimum atomic E-state index is -1.49. The lowest BCUT2D eigenvalue weighted by Crippen LogP contribution is -2.69. The number of fused-ring (bicyclic) bond motifs is 1. The molecule has 0 unspecified atom stereocenters. The fourth-order valence-corrected chi connectivity index (χ4v) is 7.23. The van der Waals surface area contributed by atoms with Crippen LogP contribution in [0, 0.1) is 22.9 Å². The van der Waals surface area contributed by atoms with E-state index in [2.05, 4.69) is 14.9 Å². The zero-order valence-corrected chi connectivity index (χ0v) is 18.3. The molecule has 8 heteroatoms. The maximum atomic E-state index is 15.2. The number of benzene rings is 1. The minimum absolute atomic E-state index is 0.0393. The van der Waals surface area contributed by atoms with E-state index in [0.717, 1.165) is 13.1 Å². The molecule has 2 aliphatic heterocycles. The van der Waals surface area contributed by atoms with Crippen LogP contribution in [0.25, 0.3) is 22.2 Å². The Balaban J connectivity index is 1.24. The predicted octanol–water partition coefficient (Wildman–Crippen LogP) is 4.83. The Bertz CT molecular complexity index is 1170. The van der Waals surface area contributed by atoms with Gasteiger partial charge in [0.1, 0.15) is 17.3 Å². The molecule has 1 aromatic carbocycles. The molecule has 0 amide bonds. The molecule has 1 spiro atoms. The number of hydrogen-bond donors (Lipinski definition) is 2. The number of aromatic nitrogens is 2. The Morgan fingerprint density at radius 2 is 1.75 bits per heavy atom. The Kier molecular flexibility index (Phi) is 4.65. The second-order valence-electron chi connectivity index (χ2n) is 9.67. The van der Waals surface area contributed by atoms with Gasteiger partial charge in [-0.05, 0) is 66.5 Å². The van der Waals surface area contributed by atoms with Gasteiger partial charge in [0.2, 0.25) is 0 Å². The molecule has 4 nitrogen and oxygen atoms in total. The molecule has 168 valence electrons. The SMILES string of the molecule is OC1(c2c(F)cc(-c3ccnc4[nH]cc(F)c34)cc2F)CC2(CN(C3CCSCC3)C2)C1. The third-order valence-electron chi connectivity index (χ3n) is 7.46. The van der Waals surface area contributed by atoms with Crippen molar-refractivity contribution in [2.45, 2.75) is 37.3 Å². The van der Waals surface area contributed by atoms with Crippen LogP contribution in [0.5, 0.6) is 0 Å². The van der Waals surface area contributed by atoms with Crippen LogP contribution in [0.1, 0.15) is 31.2 Å². The number of aromatic amines is 1. The normalized spacial score (nSPS) is 22.8. The van der Waals surface area contributed by atoms with E-state index in [1.165, 1.54) is 54.9 Å². The van der Waals surface area contributed by atoms with Gasteiger partial charge in [-0.3, -0.25) is 4.90 Å². The zero-order valence-electron chi connectivity index (χ0n) is 17.5. The molecule has 0 radical (unpaired) electrons. The Morgan fingerprint density at radius 3 is 2.44 bits per heavy atom. The lowest BCUT2D eigenvalue weighted by molar-refractivity contribution is -0.206. The zero-order chi connectivity index (χ0) is 22.1. The van der Waals surface area contributed by atoms with Crippen LogP contribution >= 0.6 is 11.8 Å². The summed E-state index contributed by atoms with van der Waals surface area (Å²) in [5.74, 6) is 0.269. The first kappa shape index (κ1) is 20.6. The fraction of sp³-hybridized carbons (Fsp3) is 0.458. The van der Waals surface area contributed by atoms with E-state index in [4.69, 9.17) is 0 Å². The van der Waals surface area contributed by atoms with Crippen molar-refractivity contribution in [2.75, 3.05) is 24.6 Å². The van der Waals surface area contributed by atoms with Crippen LogP contribution in [-0.4, -0.2) is 50.6 Å². The number of thioether (sulfide) groups is 1. The van der Waals surface area contributed by atoms with Crippen LogP contribution in [0.4, 0.5) is 13.2 Å². The predicted molar refractivity (Wildman–Crippen MR) is 119 cm³/mol. The van der Waals surface area contributed by atoms with Gasteiger partial charge in [0.05, 0.1) is 16.6 Å². The van der Waals surface area contributed by atoms with Crippen LogP contribution < -0.4 is 0 Å². The Morgan fingerprint density at radius 1 is 1.06 bits per heavy atom. The Hall–Kier alpha value is -2.03. The monoisotopic (exact) mass is 459 g/mol. The first-order valence-corrected chi connectivity index (χ1v) is 12.2. The van der Waals surface area contributed by atoms with Crippen molar-refractivity contribution in [1.29, 1.82) is 0 Å². The molecular weight excluding hydrogens is 435 g/mol. The lowest BCUT2D eigenvalue weighted by Gasteiger charge is -2.64. The molecule has 1 saturated carbocycles. The van der Waals surface area contributed by atoms with E-state index < -0.39 is 23.1 Å². The summed E-state index contributed by atoms with van der Waals surface area (Å²) < 4.78 is 44.5. The highest BCUT2D eigenvalue weighted by Gasteiger charge is 2.62. The quantitative estimate of drug-likeness (QED) is 0.589. The third kappa shape index (κ3) is 3.10. The summed E-state index contributed by atoms with van der Waals surface area (Å²) in [6, 6.07) is 4.52. The summed E-state index contributed by atoms with van der Waals surface area (Å²) in [5.41, 5.74) is -0.904. The van der Waals surface area contributed by atoms with Crippen molar-refractivity contribution in [2.24, 2.45) is 5.41 Å². The van der Waals surface area contributed by atoms with Crippen molar-refractivity contribution in [3.8, 4) is 11.1 Å². The Labute approximate surface area is 188 Å². The van der Waals surface area contributed by atoms with Gasteiger partial charge in [-0.1, -0.05) is 0 Å². The molecule has 2 aromatic heterocycles. The average molecular weight is 460 g/mol. The van der Waals surface area contributed by atoms with E-state index in [-0.39, 0.29) is 21.9 Å². The van der Waals surface area contributed by atoms with E-state index in [1.54, 1.807) is 0 Å². The number of aliphatic hydroxyl groups is 1. The molecule has 0 bridgehead atoms. The third-order valence-corrected chi connectivity index (χ3v) is 8.51. The molecule has 2 N–H and O–H groups in total. The van der Waals surface area contributed by atoms with E-state index in [9.17, 15) is 9.50 Å². The minimum Gasteiger partial charge on any atom is -0.385 e. The molecular formula is C24H24F3N3OS. The van der Waals surface area contributed by atoms with Crippen LogP contribution in [0.15, 0.2) is 30.6 Å². The highest BCUT2D eigenvalue weighted by Crippen LogP contribution is 2.60. The largest absolute Gasteiger partial charge is 0.385 e. The molecule has 3 aliphatic rings. The molecule has 1 aliphatic carbocycles. The molecule has 4 heterocycles. The summed E-state index contributed by atoms with van der Waals surface area (Å²) in [7, 11) is 0. The van der Waals surface area contributed by atoms with Crippen LogP contribution in [0.3, 0.4) is 0 Å². The van der Waals surface area contributed by atoms with Gasteiger partial charge in [0, 0.05) is 36.9 Å². The number of pyridine rings is 1. The van der Waals surface area contributed by atoms with Gasteiger partial charge >= 0.3 is 0 Å². The molecule has 3 aromatic rings. The molecule has 0 atom stereocenters. The molecule has 32 heavy (non-hydrogen) atoms. The number of H-pyrrole nitrogens is 1. The topological polar surface area (TPSA) is 52.2 Å². The molecule has 2 saturated heterocycles. The molecule has 3 fully saturated rings. The fourth-order valence-electron chi connectivity index (χ4n) is 6.14. The van der Waals surface area contributed by atoms with Crippen molar-refractivity contribution in [3.05, 3.63) is 53.6 Å². The summed E-state index contributed by atoms with van der Waals surface area (Å²) in [5, 5.41) is 11.3. The van der Waals surface area contributed by atoms with Gasteiger partial charge in [0.15, 0.2) is 5.82 Å². The summed E-state index contributed by atoms with van der Waals surface area (Å²) in [6.07, 6.45) is 5.77. The summed E-state index contributed by atoms with van der Waals surface area (Å²) >= 11 is 2.00. The maximum absolute atomic E-state index is 15.2. The highest BCUT2D eigenvalue weighted by molar-refractivity contribution is 7.99. The number of nitrogens with zero attached hydrogens (tertiary/aromatic N) is 2. The van der Waals surface area contributed by atoms with Gasteiger partial charge in [0.25, 0.3) is 0 Å².